The first-order valence-corrected chi connectivity index (χ1v) is 7.42. The molecule has 0 aliphatic rings. The van der Waals surface area contributed by atoms with E-state index in [-0.39, 0.29) is 18.4 Å². The number of hydrogen-bond acceptors (Lipinski definition) is 3. The van der Waals surface area contributed by atoms with E-state index in [9.17, 15) is 9.59 Å². The number of amides is 2. The summed E-state index contributed by atoms with van der Waals surface area (Å²) in [7, 11) is 3.41. The number of hydrogen-bond donors (Lipinski definition) is 2. The maximum Gasteiger partial charge on any atom is 0.253 e. The molecule has 0 aromatic heterocycles. The number of carbonyl (C=O) groups excluding carboxylic acids is 2. The lowest BCUT2D eigenvalue weighted by molar-refractivity contribution is -0.115. The van der Waals surface area contributed by atoms with E-state index in [2.05, 4.69) is 10.6 Å². The van der Waals surface area contributed by atoms with Gasteiger partial charge in [0.25, 0.3) is 5.91 Å². The highest BCUT2D eigenvalue weighted by Gasteiger charge is 2.08. The van der Waals surface area contributed by atoms with Gasteiger partial charge in [0.15, 0.2) is 0 Å². The number of benzene rings is 2. The summed E-state index contributed by atoms with van der Waals surface area (Å²) in [5.41, 5.74) is 2.40. The van der Waals surface area contributed by atoms with E-state index < -0.39 is 0 Å². The van der Waals surface area contributed by atoms with Gasteiger partial charge in [0.1, 0.15) is 0 Å². The Kier molecular flexibility index (Phi) is 5.88. The second-order valence-corrected chi connectivity index (χ2v) is 5.41. The highest BCUT2D eigenvalue weighted by atomic mass is 16.2. The summed E-state index contributed by atoms with van der Waals surface area (Å²) >= 11 is 0. The molecule has 0 saturated carbocycles. The van der Waals surface area contributed by atoms with Crippen molar-refractivity contribution < 1.29 is 9.59 Å². The maximum absolute atomic E-state index is 11.9. The van der Waals surface area contributed by atoms with Crippen molar-refractivity contribution in [2.75, 3.05) is 26.0 Å². The minimum absolute atomic E-state index is 0.0626. The Morgan fingerprint density at radius 1 is 0.957 bits per heavy atom. The van der Waals surface area contributed by atoms with E-state index in [1.54, 1.807) is 38.4 Å². The van der Waals surface area contributed by atoms with Crippen LogP contribution in [0.25, 0.3) is 0 Å². The minimum atomic E-state index is -0.118. The zero-order valence-electron chi connectivity index (χ0n) is 13.4. The summed E-state index contributed by atoms with van der Waals surface area (Å²) in [5.74, 6) is -0.181. The van der Waals surface area contributed by atoms with Gasteiger partial charge in [-0.25, -0.2) is 0 Å². The fourth-order valence-electron chi connectivity index (χ4n) is 2.08. The monoisotopic (exact) mass is 311 g/mol. The number of carbonyl (C=O) groups is 2. The molecule has 0 radical (unpaired) electrons. The van der Waals surface area contributed by atoms with Crippen LogP contribution in [0.1, 0.15) is 15.9 Å². The molecular weight excluding hydrogens is 290 g/mol. The van der Waals surface area contributed by atoms with Crippen LogP contribution in [0.15, 0.2) is 54.6 Å². The third kappa shape index (κ3) is 5.23. The second-order valence-electron chi connectivity index (χ2n) is 5.41. The topological polar surface area (TPSA) is 61.4 Å². The fourth-order valence-corrected chi connectivity index (χ4v) is 2.08. The minimum Gasteiger partial charge on any atom is -0.345 e. The Morgan fingerprint density at radius 2 is 1.61 bits per heavy atom. The molecule has 0 fully saturated rings. The summed E-state index contributed by atoms with van der Waals surface area (Å²) in [5, 5.41) is 5.89. The van der Waals surface area contributed by atoms with Crippen LogP contribution in [-0.4, -0.2) is 37.4 Å². The standard InChI is InChI=1S/C18H21N3O2/c1-21(2)18(23)15-8-10-16(11-9-15)20-17(22)13-19-12-14-6-4-3-5-7-14/h3-11,19H,12-13H2,1-2H3,(H,20,22). The van der Waals surface area contributed by atoms with E-state index in [1.807, 2.05) is 30.3 Å². The zero-order chi connectivity index (χ0) is 16.7. The molecule has 5 heteroatoms. The first kappa shape index (κ1) is 16.7. The summed E-state index contributed by atoms with van der Waals surface area (Å²) in [6, 6.07) is 16.8. The largest absolute Gasteiger partial charge is 0.345 e. The van der Waals surface area contributed by atoms with Crippen LogP contribution in [0.5, 0.6) is 0 Å². The van der Waals surface area contributed by atoms with E-state index in [1.165, 1.54) is 4.90 Å². The smallest absolute Gasteiger partial charge is 0.253 e. The van der Waals surface area contributed by atoms with E-state index in [0.717, 1.165) is 5.56 Å². The summed E-state index contributed by atoms with van der Waals surface area (Å²) in [4.78, 5) is 25.2. The molecule has 23 heavy (non-hydrogen) atoms. The van der Waals surface area contributed by atoms with Gasteiger partial charge in [-0.15, -0.1) is 0 Å². The highest BCUT2D eigenvalue weighted by Crippen LogP contribution is 2.10. The Hall–Kier alpha value is -2.66. The van der Waals surface area contributed by atoms with Crippen molar-refractivity contribution in [2.45, 2.75) is 6.54 Å². The number of nitrogens with zero attached hydrogens (tertiary/aromatic N) is 1. The van der Waals surface area contributed by atoms with Gasteiger partial charge in [-0.05, 0) is 29.8 Å². The van der Waals surface area contributed by atoms with Crippen molar-refractivity contribution in [3.8, 4) is 0 Å². The normalized spacial score (nSPS) is 10.2. The van der Waals surface area contributed by atoms with Gasteiger partial charge in [-0.3, -0.25) is 9.59 Å². The van der Waals surface area contributed by atoms with Crippen molar-refractivity contribution in [3.05, 3.63) is 65.7 Å². The van der Waals surface area contributed by atoms with Gasteiger partial charge >= 0.3 is 0 Å². The molecule has 5 nitrogen and oxygen atoms in total. The number of rotatable bonds is 6. The van der Waals surface area contributed by atoms with Crippen LogP contribution in [0.3, 0.4) is 0 Å². The lowest BCUT2D eigenvalue weighted by Crippen LogP contribution is -2.27. The maximum atomic E-state index is 11.9. The third-order valence-electron chi connectivity index (χ3n) is 3.28. The van der Waals surface area contributed by atoms with E-state index >= 15 is 0 Å². The Balaban J connectivity index is 1.80. The summed E-state index contributed by atoms with van der Waals surface area (Å²) in [6.07, 6.45) is 0. The van der Waals surface area contributed by atoms with Crippen LogP contribution in [-0.2, 0) is 11.3 Å². The van der Waals surface area contributed by atoms with Gasteiger partial charge in [-0.2, -0.15) is 0 Å². The lowest BCUT2D eigenvalue weighted by atomic mass is 10.2. The molecule has 0 atom stereocenters. The molecule has 2 rings (SSSR count). The van der Waals surface area contributed by atoms with Gasteiger partial charge < -0.3 is 15.5 Å². The molecule has 0 heterocycles. The molecular formula is C18H21N3O2. The Labute approximate surface area is 136 Å². The van der Waals surface area contributed by atoms with Crippen molar-refractivity contribution in [2.24, 2.45) is 0 Å². The van der Waals surface area contributed by atoms with E-state index in [0.29, 0.717) is 17.8 Å². The zero-order valence-corrected chi connectivity index (χ0v) is 13.4. The molecule has 2 amide bonds. The molecule has 2 N–H and O–H groups in total. The molecule has 2 aromatic carbocycles. The molecule has 0 bridgehead atoms. The van der Waals surface area contributed by atoms with Crippen LogP contribution in [0.4, 0.5) is 5.69 Å². The number of anilines is 1. The van der Waals surface area contributed by atoms with Gasteiger partial charge in [0.2, 0.25) is 5.91 Å². The average molecular weight is 311 g/mol. The molecule has 0 unspecified atom stereocenters. The lowest BCUT2D eigenvalue weighted by Gasteiger charge is -2.11. The van der Waals surface area contributed by atoms with Crippen LogP contribution in [0, 0.1) is 0 Å². The summed E-state index contributed by atoms with van der Waals surface area (Å²) in [6.45, 7) is 0.873. The predicted octanol–water partition coefficient (Wildman–Crippen LogP) is 2.12. The van der Waals surface area contributed by atoms with Crippen molar-refractivity contribution in [3.63, 3.8) is 0 Å². The van der Waals surface area contributed by atoms with Gasteiger partial charge in [0.05, 0.1) is 6.54 Å². The Morgan fingerprint density at radius 3 is 2.22 bits per heavy atom. The predicted molar refractivity (Wildman–Crippen MR) is 91.2 cm³/mol. The molecule has 0 aliphatic heterocycles. The first-order chi connectivity index (χ1) is 11.1. The second kappa shape index (κ2) is 8.10. The van der Waals surface area contributed by atoms with Crippen molar-refractivity contribution in [1.82, 2.24) is 10.2 Å². The highest BCUT2D eigenvalue weighted by molar-refractivity contribution is 5.95. The quantitative estimate of drug-likeness (QED) is 0.859. The van der Waals surface area contributed by atoms with Crippen molar-refractivity contribution >= 4 is 17.5 Å². The SMILES string of the molecule is CN(C)C(=O)c1ccc(NC(=O)CNCc2ccccc2)cc1. The van der Waals surface area contributed by atoms with E-state index in [4.69, 9.17) is 0 Å². The molecule has 0 spiro atoms. The average Bonchev–Trinajstić information content (AvgIpc) is 2.56. The molecule has 0 aliphatic carbocycles. The van der Waals surface area contributed by atoms with Crippen LogP contribution < -0.4 is 10.6 Å². The molecule has 2 aromatic rings. The summed E-state index contributed by atoms with van der Waals surface area (Å²) < 4.78 is 0. The molecule has 0 saturated heterocycles. The third-order valence-corrected chi connectivity index (χ3v) is 3.28. The fraction of sp³-hybridized carbons (Fsp3) is 0.222. The molecule has 120 valence electrons. The van der Waals surface area contributed by atoms with Gasteiger partial charge in [-0.1, -0.05) is 30.3 Å². The number of nitrogens with one attached hydrogen (secondary N) is 2. The van der Waals surface area contributed by atoms with Crippen LogP contribution in [0.2, 0.25) is 0 Å². The van der Waals surface area contributed by atoms with Gasteiger partial charge in [0, 0.05) is 31.9 Å². The Bertz CT molecular complexity index is 652. The van der Waals surface area contributed by atoms with Crippen LogP contribution >= 0.6 is 0 Å². The first-order valence-electron chi connectivity index (χ1n) is 7.42. The van der Waals surface area contributed by atoms with Crippen molar-refractivity contribution in [1.29, 1.82) is 0 Å².